The maximum absolute atomic E-state index is 4.93. The number of hydrogen-bond acceptors (Lipinski definition) is 0. The predicted octanol–water partition coefficient (Wildman–Crippen LogP) is 15.2. The summed E-state index contributed by atoms with van der Waals surface area (Å²) in [7, 11) is 11.0. The van der Waals surface area contributed by atoms with Gasteiger partial charge in [-0.1, -0.05) is 151 Å². The molecule has 2 radical (unpaired) electrons. The van der Waals surface area contributed by atoms with Gasteiger partial charge in [0.25, 0.3) is 0 Å². The number of hydrogen-bond donors (Lipinski definition) is 0. The van der Waals surface area contributed by atoms with Crippen molar-refractivity contribution in [2.45, 2.75) is 105 Å². The van der Waals surface area contributed by atoms with E-state index >= 15 is 0 Å². The first-order chi connectivity index (χ1) is 24.5. The summed E-state index contributed by atoms with van der Waals surface area (Å²) in [6, 6.07) is 41.0. The van der Waals surface area contributed by atoms with E-state index in [0.717, 1.165) is 9.52 Å². The number of fused-ring (bicyclic) bond motifs is 2. The first-order valence-corrected chi connectivity index (χ1v) is 26.9. The molecule has 0 bridgehead atoms. The van der Waals surface area contributed by atoms with Gasteiger partial charge in [0, 0.05) is 9.52 Å². The summed E-state index contributed by atoms with van der Waals surface area (Å²) < 4.78 is 0. The van der Waals surface area contributed by atoms with Gasteiger partial charge in [-0.2, -0.15) is 12.1 Å². The van der Waals surface area contributed by atoms with Crippen LogP contribution < -0.4 is 0 Å². The minimum atomic E-state index is -0.826. The van der Waals surface area contributed by atoms with Gasteiger partial charge in [0.05, 0.1) is 0 Å². The van der Waals surface area contributed by atoms with Crippen molar-refractivity contribution in [3.63, 3.8) is 0 Å². The summed E-state index contributed by atoms with van der Waals surface area (Å²) in [6.45, 7) is 13.3. The molecular weight excluding hydrogens is 743 g/mol. The van der Waals surface area contributed by atoms with Crippen LogP contribution in [0, 0.1) is 0 Å². The van der Waals surface area contributed by atoms with Crippen molar-refractivity contribution in [1.29, 1.82) is 0 Å². The van der Waals surface area contributed by atoms with Gasteiger partial charge < -0.3 is 0 Å². The summed E-state index contributed by atoms with van der Waals surface area (Å²) in [4.78, 5) is 0. The van der Waals surface area contributed by atoms with E-state index in [2.05, 4.69) is 150 Å². The molecule has 0 N–H and O–H groups in total. The fraction of sp³-hybridized carbons (Fsp3) is 0.348. The van der Waals surface area contributed by atoms with Crippen LogP contribution in [0.4, 0.5) is 0 Å². The standard InChI is InChI=1S/2C22H25.C2H6Si.2ClH.Zr/c2*1-3-5-8-18-15-20-9-6-10-21(22(20)16-18)19-13-11-17(7-4-2)12-14-19;1-3-2;;;/h2*6,9-16H,3-5,7-8H2,1-2H3;1-2H3;2*1H;/q2*-1;;;;+4/p-2. The van der Waals surface area contributed by atoms with Gasteiger partial charge in [-0.25, -0.2) is 0 Å². The van der Waals surface area contributed by atoms with Gasteiger partial charge in [-0.15, -0.1) is 69.1 Å². The van der Waals surface area contributed by atoms with Crippen LogP contribution in [0.2, 0.25) is 13.1 Å². The zero-order valence-electron chi connectivity index (χ0n) is 31.2. The van der Waals surface area contributed by atoms with Gasteiger partial charge in [-0.3, -0.25) is 0 Å². The Hall–Kier alpha value is -2.22. The SMILES string of the molecule is CCCCc1cc2c(-c3ccc(CCC)cc3)cccc2[cH-]1.CCCCc1cc2c(-c3ccc(CCC)cc3)cccc2[cH-]1.C[Si]C.[Cl][Zr+2][Cl]. The van der Waals surface area contributed by atoms with Crippen molar-refractivity contribution >= 4 is 48.1 Å². The first kappa shape index (κ1) is 42.2. The summed E-state index contributed by atoms with van der Waals surface area (Å²) >= 11 is -0.826. The molecule has 262 valence electrons. The third-order valence-corrected chi connectivity index (χ3v) is 8.87. The van der Waals surface area contributed by atoms with Crippen molar-refractivity contribution in [3.05, 3.63) is 131 Å². The fourth-order valence-corrected chi connectivity index (χ4v) is 6.43. The van der Waals surface area contributed by atoms with E-state index in [1.54, 1.807) is 0 Å². The van der Waals surface area contributed by atoms with E-state index in [1.165, 1.54) is 130 Å². The minimum absolute atomic E-state index is 0.826. The molecule has 0 heterocycles. The molecule has 0 saturated heterocycles. The van der Waals surface area contributed by atoms with E-state index in [9.17, 15) is 0 Å². The number of rotatable bonds is 12. The molecule has 0 aromatic heterocycles. The molecule has 4 heteroatoms. The average Bonchev–Trinajstić information content (AvgIpc) is 3.76. The summed E-state index contributed by atoms with van der Waals surface area (Å²) in [6.07, 6.45) is 12.2. The maximum atomic E-state index is 4.93. The van der Waals surface area contributed by atoms with Gasteiger partial charge >= 0.3 is 37.9 Å². The molecule has 0 aliphatic carbocycles. The van der Waals surface area contributed by atoms with Crippen molar-refractivity contribution in [2.24, 2.45) is 0 Å². The van der Waals surface area contributed by atoms with Crippen LogP contribution in [0.3, 0.4) is 0 Å². The van der Waals surface area contributed by atoms with Crippen LogP contribution in [0.25, 0.3) is 43.8 Å². The van der Waals surface area contributed by atoms with Crippen molar-refractivity contribution < 1.29 is 20.8 Å². The van der Waals surface area contributed by atoms with Crippen LogP contribution in [0.5, 0.6) is 0 Å². The molecule has 0 aliphatic heterocycles. The van der Waals surface area contributed by atoms with E-state index in [-0.39, 0.29) is 0 Å². The second-order valence-electron chi connectivity index (χ2n) is 13.0. The number of halogens is 2. The van der Waals surface area contributed by atoms with E-state index in [4.69, 9.17) is 17.0 Å². The molecule has 0 spiro atoms. The zero-order chi connectivity index (χ0) is 36.1. The van der Waals surface area contributed by atoms with Gasteiger partial charge in [-0.05, 0) is 47.9 Å². The van der Waals surface area contributed by atoms with E-state index in [0.29, 0.717) is 0 Å². The Labute approximate surface area is 325 Å². The van der Waals surface area contributed by atoms with Crippen molar-refractivity contribution in [3.8, 4) is 22.3 Å². The second kappa shape index (κ2) is 24.1. The normalized spacial score (nSPS) is 10.4. The number of benzene rings is 4. The Bertz CT molecular complexity index is 1650. The molecule has 6 aromatic carbocycles. The number of aryl methyl sites for hydroxylation is 4. The summed E-state index contributed by atoms with van der Waals surface area (Å²) in [5.74, 6) is 0. The Morgan fingerprint density at radius 1 is 0.520 bits per heavy atom. The van der Waals surface area contributed by atoms with Gasteiger partial charge in [0.15, 0.2) is 0 Å². The quantitative estimate of drug-likeness (QED) is 0.0854. The van der Waals surface area contributed by atoms with Crippen LogP contribution in [0.1, 0.15) is 88.5 Å². The molecule has 0 amide bonds. The van der Waals surface area contributed by atoms with Gasteiger partial charge in [0.2, 0.25) is 0 Å². The van der Waals surface area contributed by atoms with E-state index < -0.39 is 20.8 Å². The monoisotopic (exact) mass is 796 g/mol. The molecule has 0 nitrogen and oxygen atoms in total. The Balaban J connectivity index is 0.000000234. The van der Waals surface area contributed by atoms with Crippen molar-refractivity contribution in [2.75, 3.05) is 0 Å². The van der Waals surface area contributed by atoms with Crippen LogP contribution >= 0.6 is 17.0 Å². The Morgan fingerprint density at radius 2 is 0.880 bits per heavy atom. The summed E-state index contributed by atoms with van der Waals surface area (Å²) in [5, 5.41) is 5.55. The van der Waals surface area contributed by atoms with Crippen molar-refractivity contribution in [1.82, 2.24) is 0 Å². The Kier molecular flexibility index (Phi) is 20.3. The third-order valence-electron chi connectivity index (χ3n) is 8.87. The van der Waals surface area contributed by atoms with Crippen LogP contribution in [0.15, 0.2) is 109 Å². The molecular formula is C46H56Cl2SiZr. The molecule has 0 unspecified atom stereocenters. The molecule has 0 saturated carbocycles. The van der Waals surface area contributed by atoms with Crippen LogP contribution in [-0.2, 0) is 46.5 Å². The molecule has 0 aliphatic rings. The Morgan fingerprint density at radius 3 is 1.20 bits per heavy atom. The topological polar surface area (TPSA) is 0 Å². The zero-order valence-corrected chi connectivity index (χ0v) is 36.2. The fourth-order valence-electron chi connectivity index (χ4n) is 6.43. The predicted molar refractivity (Wildman–Crippen MR) is 224 cm³/mol. The molecule has 50 heavy (non-hydrogen) atoms. The molecule has 6 aromatic rings. The third kappa shape index (κ3) is 13.1. The number of unbranched alkanes of at least 4 members (excludes halogenated alkanes) is 2. The van der Waals surface area contributed by atoms with E-state index in [1.807, 2.05) is 0 Å². The summed E-state index contributed by atoms with van der Waals surface area (Å²) in [5.41, 5.74) is 11.2. The molecule has 0 atom stereocenters. The van der Waals surface area contributed by atoms with Gasteiger partial charge in [0.1, 0.15) is 0 Å². The first-order valence-electron chi connectivity index (χ1n) is 18.6. The van der Waals surface area contributed by atoms with Crippen LogP contribution in [-0.4, -0.2) is 9.52 Å². The molecule has 6 rings (SSSR count). The second-order valence-corrected chi connectivity index (χ2v) is 17.7. The average molecular weight is 799 g/mol. The molecule has 0 fully saturated rings.